The summed E-state index contributed by atoms with van der Waals surface area (Å²) in [6.45, 7) is 26.7. The highest BCUT2D eigenvalue weighted by Gasteiger charge is 2.71. The predicted molar refractivity (Wildman–Crippen MR) is 240 cm³/mol. The average molecular weight is 869 g/mol. The van der Waals surface area contributed by atoms with Crippen LogP contribution in [0, 0.1) is 62.6 Å². The molecular formula is C53H76N2O8. The van der Waals surface area contributed by atoms with Crippen molar-refractivity contribution in [3.8, 4) is 0 Å². The molecule has 6 saturated carbocycles. The Hall–Kier alpha value is -3.78. The minimum atomic E-state index is -0.998. The van der Waals surface area contributed by atoms with Gasteiger partial charge in [-0.15, -0.1) is 0 Å². The molecule has 0 unspecified atom stereocenters. The van der Waals surface area contributed by atoms with Crippen molar-refractivity contribution >= 4 is 29.9 Å². The van der Waals surface area contributed by atoms with E-state index in [-0.39, 0.29) is 74.7 Å². The molecule has 0 aliphatic heterocycles. The first-order valence-electron chi connectivity index (χ1n) is 24.1. The van der Waals surface area contributed by atoms with Gasteiger partial charge >= 0.3 is 18.2 Å². The van der Waals surface area contributed by atoms with E-state index in [4.69, 9.17) is 19.1 Å². The number of alkyl carbamates (subject to hydrolysis) is 1. The molecule has 346 valence electrons. The maximum atomic E-state index is 14.3. The van der Waals surface area contributed by atoms with Crippen LogP contribution < -0.4 is 10.6 Å². The standard InChI is InChI=1S/C52H76N2O6.CO2/c1-31(2)40-36(55)30-52(53-43(57)51(26-27-51)54-44(58)60-45(3,4)5)25-24-49(11)34(41(40)52)18-19-38-48(10)22-21-39(47(8,9)37(48)20-23-50(38,49)12)59-42(56)35-29-33(46(35,6)7)28-32-16-14-13-15-17-32;2-1-3/h13-17,31,33-35,37-39H,18-30H2,1-12H3,(H,53,57)(H,54,58);/t33-,34-,35-,37+,38-,39+,48+,49-,50-,52-;/m1./s1. The monoisotopic (exact) mass is 869 g/mol. The summed E-state index contributed by atoms with van der Waals surface area (Å²) in [5, 5.41) is 6.42. The molecular weight excluding hydrogens is 793 g/mol. The van der Waals surface area contributed by atoms with Gasteiger partial charge in [-0.1, -0.05) is 92.6 Å². The van der Waals surface area contributed by atoms with E-state index >= 15 is 0 Å². The van der Waals surface area contributed by atoms with E-state index in [2.05, 4.69) is 103 Å². The number of esters is 1. The molecule has 0 heterocycles. The van der Waals surface area contributed by atoms with E-state index in [1.165, 1.54) is 11.1 Å². The molecule has 7 aliphatic rings. The van der Waals surface area contributed by atoms with Crippen LogP contribution in [0.1, 0.15) is 166 Å². The van der Waals surface area contributed by atoms with Gasteiger partial charge in [-0.05, 0) is 166 Å². The lowest BCUT2D eigenvalue weighted by Gasteiger charge is -2.72. The van der Waals surface area contributed by atoms with E-state index in [0.29, 0.717) is 37.0 Å². The number of carbonyl (C=O) groups excluding carboxylic acids is 6. The summed E-state index contributed by atoms with van der Waals surface area (Å²) in [5.41, 5.74) is 0.918. The lowest BCUT2D eigenvalue weighted by atomic mass is 9.33. The van der Waals surface area contributed by atoms with Crippen LogP contribution >= 0.6 is 0 Å². The Balaban J connectivity index is 0.00000193. The van der Waals surface area contributed by atoms with Gasteiger partial charge in [0.25, 0.3) is 0 Å². The first-order valence-corrected chi connectivity index (χ1v) is 24.1. The van der Waals surface area contributed by atoms with Gasteiger partial charge in [-0.25, -0.2) is 4.79 Å². The van der Waals surface area contributed by atoms with Crippen molar-refractivity contribution in [3.05, 3.63) is 47.0 Å². The van der Waals surface area contributed by atoms with Crippen molar-refractivity contribution in [2.45, 2.75) is 189 Å². The molecule has 0 bridgehead atoms. The van der Waals surface area contributed by atoms with Crippen LogP contribution in [0.3, 0.4) is 0 Å². The number of rotatable bonds is 8. The zero-order valence-electron chi connectivity index (χ0n) is 40.4. The van der Waals surface area contributed by atoms with Crippen LogP contribution in [-0.2, 0) is 39.9 Å². The van der Waals surface area contributed by atoms with Crippen LogP contribution in [0.5, 0.6) is 0 Å². The van der Waals surface area contributed by atoms with Crippen LogP contribution in [0.2, 0.25) is 0 Å². The van der Waals surface area contributed by atoms with Gasteiger partial charge in [0.2, 0.25) is 5.91 Å². The smallest absolute Gasteiger partial charge is 0.408 e. The number of carbonyl (C=O) groups is 4. The van der Waals surface area contributed by atoms with Crippen LogP contribution in [0.25, 0.3) is 0 Å². The van der Waals surface area contributed by atoms with Gasteiger partial charge in [0.15, 0.2) is 5.78 Å². The van der Waals surface area contributed by atoms with Crippen LogP contribution in [-0.4, -0.2) is 52.7 Å². The number of benzene rings is 1. The number of hydrogen-bond acceptors (Lipinski definition) is 8. The van der Waals surface area contributed by atoms with E-state index in [9.17, 15) is 19.2 Å². The largest absolute Gasteiger partial charge is 0.462 e. The van der Waals surface area contributed by atoms with Crippen LogP contribution in [0.15, 0.2) is 41.5 Å². The Morgan fingerprint density at radius 2 is 1.44 bits per heavy atom. The van der Waals surface area contributed by atoms with Gasteiger partial charge in [-0.2, -0.15) is 9.59 Å². The molecule has 1 aromatic carbocycles. The third-order valence-corrected chi connectivity index (χ3v) is 19.0. The van der Waals surface area contributed by atoms with Gasteiger partial charge in [0, 0.05) is 11.8 Å². The Kier molecular flexibility index (Phi) is 12.0. The van der Waals surface area contributed by atoms with Gasteiger partial charge in [0.05, 0.1) is 11.5 Å². The number of hydrogen-bond donors (Lipinski definition) is 2. The Morgan fingerprint density at radius 1 is 0.794 bits per heavy atom. The number of ketones is 1. The normalized spacial score (nSPS) is 37.8. The molecule has 10 heteroatoms. The quantitative estimate of drug-likeness (QED) is 0.246. The summed E-state index contributed by atoms with van der Waals surface area (Å²) in [6, 6.07) is 10.7. The molecule has 7 aliphatic carbocycles. The maximum absolute atomic E-state index is 14.3. The SMILES string of the molecule is CC(C)C1=C2[C@H]3CC[C@@H]4[C@@]5(C)CC[C@H](OC(=O)[C@H]6C[C@@H](Cc7ccccc7)C6(C)C)C(C)(C)[C@@H]5CC[C@@]4(C)[C@]3(C)CC[C@@]2(NC(=O)C2(NC(=O)OC(C)(C)C)CC2)CC1=O.O=C=O. The second kappa shape index (κ2) is 16.0. The van der Waals surface area contributed by atoms with Crippen molar-refractivity contribution in [1.29, 1.82) is 0 Å². The molecule has 0 radical (unpaired) electrons. The molecule has 0 saturated heterocycles. The molecule has 10 nitrogen and oxygen atoms in total. The second-order valence-corrected chi connectivity index (χ2v) is 24.3. The summed E-state index contributed by atoms with van der Waals surface area (Å²) in [7, 11) is 0. The lowest BCUT2D eigenvalue weighted by molar-refractivity contribution is -0.235. The molecule has 2 N–H and O–H groups in total. The number of fused-ring (bicyclic) bond motifs is 7. The first-order chi connectivity index (χ1) is 29.2. The highest BCUT2D eigenvalue weighted by molar-refractivity contribution is 6.03. The van der Waals surface area contributed by atoms with E-state index in [0.717, 1.165) is 69.8 Å². The third kappa shape index (κ3) is 7.74. The third-order valence-electron chi connectivity index (χ3n) is 19.0. The summed E-state index contributed by atoms with van der Waals surface area (Å²) in [6.07, 6.45) is 10.8. The lowest BCUT2D eigenvalue weighted by Crippen LogP contribution is -2.68. The molecule has 0 aromatic heterocycles. The molecule has 63 heavy (non-hydrogen) atoms. The molecule has 8 rings (SSSR count). The van der Waals surface area contributed by atoms with Crippen molar-refractivity contribution in [1.82, 2.24) is 10.6 Å². The highest BCUT2D eigenvalue weighted by Crippen LogP contribution is 2.76. The van der Waals surface area contributed by atoms with Crippen molar-refractivity contribution < 1.29 is 38.2 Å². The topological polar surface area (TPSA) is 145 Å². The molecule has 2 amide bonds. The highest BCUT2D eigenvalue weighted by atomic mass is 16.6. The van der Waals surface area contributed by atoms with Crippen LogP contribution in [0.4, 0.5) is 4.79 Å². The van der Waals surface area contributed by atoms with E-state index in [1.54, 1.807) is 0 Å². The molecule has 10 atom stereocenters. The van der Waals surface area contributed by atoms with Crippen molar-refractivity contribution in [3.63, 3.8) is 0 Å². The summed E-state index contributed by atoms with van der Waals surface area (Å²) in [4.78, 5) is 71.7. The number of ether oxygens (including phenoxy) is 2. The Bertz CT molecular complexity index is 2050. The Morgan fingerprint density at radius 3 is 2.03 bits per heavy atom. The second-order valence-electron chi connectivity index (χ2n) is 24.3. The number of nitrogens with one attached hydrogen (secondary N) is 2. The van der Waals surface area contributed by atoms with Crippen molar-refractivity contribution in [2.24, 2.45) is 62.6 Å². The van der Waals surface area contributed by atoms with E-state index < -0.39 is 22.8 Å². The van der Waals surface area contributed by atoms with Crippen molar-refractivity contribution in [2.75, 3.05) is 0 Å². The zero-order valence-corrected chi connectivity index (χ0v) is 40.4. The minimum Gasteiger partial charge on any atom is -0.462 e. The molecule has 6 fully saturated rings. The maximum Gasteiger partial charge on any atom is 0.408 e. The molecule has 1 aromatic rings. The minimum absolute atomic E-state index is 0.00556. The number of allylic oxidation sites excluding steroid dienone is 1. The van der Waals surface area contributed by atoms with Gasteiger partial charge < -0.3 is 20.1 Å². The van der Waals surface area contributed by atoms with E-state index in [1.807, 2.05) is 20.8 Å². The number of amides is 2. The Labute approximate surface area is 376 Å². The summed E-state index contributed by atoms with van der Waals surface area (Å²) in [5.74, 6) is 1.58. The zero-order chi connectivity index (χ0) is 46.3. The average Bonchev–Trinajstić information content (AvgIpc) is 3.89. The van der Waals surface area contributed by atoms with Gasteiger partial charge in [0.1, 0.15) is 17.2 Å². The fraction of sp³-hybridized carbons (Fsp3) is 0.755. The summed E-state index contributed by atoms with van der Waals surface area (Å²) < 4.78 is 12.2. The predicted octanol–water partition coefficient (Wildman–Crippen LogP) is 10.1. The fourth-order valence-corrected chi connectivity index (χ4v) is 15.2. The fourth-order valence-electron chi connectivity index (χ4n) is 15.2. The van der Waals surface area contributed by atoms with Gasteiger partial charge in [-0.3, -0.25) is 14.4 Å². The summed E-state index contributed by atoms with van der Waals surface area (Å²) >= 11 is 0. The number of Topliss-reactive ketones (excluding diaryl/α,β-unsaturated/α-hetero) is 1. The molecule has 0 spiro atoms. The first kappa shape index (κ1) is 47.2.